The molecule has 0 saturated carbocycles. The van der Waals surface area contributed by atoms with Crippen LogP contribution in [0, 0.1) is 0 Å². The van der Waals surface area contributed by atoms with Gasteiger partial charge < -0.3 is 5.32 Å². The summed E-state index contributed by atoms with van der Waals surface area (Å²) >= 11 is 0. The van der Waals surface area contributed by atoms with Gasteiger partial charge in [0.25, 0.3) is 0 Å². The second kappa shape index (κ2) is 4.65. The fraction of sp³-hybridized carbons (Fsp3) is 0.667. The normalized spacial score (nSPS) is 12.1. The Morgan fingerprint density at radius 2 is 2.07 bits per heavy atom. The van der Waals surface area contributed by atoms with Gasteiger partial charge in [-0.1, -0.05) is 6.92 Å². The molecule has 0 aromatic carbocycles. The Labute approximate surface area is 86.3 Å². The van der Waals surface area contributed by atoms with Crippen LogP contribution in [0.15, 0.2) is 6.20 Å². The third-order valence-electron chi connectivity index (χ3n) is 2.00. The zero-order valence-electron chi connectivity index (χ0n) is 8.73. The SMILES string of the molecule is CCNCc1cn(CC)nc1C(F)(F)F. The maximum Gasteiger partial charge on any atom is 0.435 e. The van der Waals surface area contributed by atoms with Crippen molar-refractivity contribution in [3.8, 4) is 0 Å². The first-order valence-electron chi connectivity index (χ1n) is 4.83. The van der Waals surface area contributed by atoms with Crippen molar-refractivity contribution in [3.05, 3.63) is 17.5 Å². The van der Waals surface area contributed by atoms with Gasteiger partial charge in [0.1, 0.15) is 0 Å². The van der Waals surface area contributed by atoms with Gasteiger partial charge >= 0.3 is 6.18 Å². The van der Waals surface area contributed by atoms with Gasteiger partial charge in [0.15, 0.2) is 5.69 Å². The minimum atomic E-state index is -4.37. The Hall–Kier alpha value is -1.04. The molecule has 0 aliphatic rings. The van der Waals surface area contributed by atoms with E-state index in [1.54, 1.807) is 6.92 Å². The van der Waals surface area contributed by atoms with Crippen molar-refractivity contribution in [2.75, 3.05) is 6.54 Å². The van der Waals surface area contributed by atoms with Gasteiger partial charge in [-0.3, -0.25) is 4.68 Å². The summed E-state index contributed by atoms with van der Waals surface area (Å²) in [5, 5.41) is 6.37. The van der Waals surface area contributed by atoms with Crippen LogP contribution < -0.4 is 5.32 Å². The summed E-state index contributed by atoms with van der Waals surface area (Å²) in [6.07, 6.45) is -2.93. The predicted octanol–water partition coefficient (Wildman–Crippen LogP) is 2.03. The number of nitrogens with one attached hydrogen (secondary N) is 1. The van der Waals surface area contributed by atoms with E-state index in [1.807, 2.05) is 6.92 Å². The van der Waals surface area contributed by atoms with Gasteiger partial charge in [-0.15, -0.1) is 0 Å². The lowest BCUT2D eigenvalue weighted by Crippen LogP contribution is -2.16. The Kier molecular flexibility index (Phi) is 3.73. The molecule has 6 heteroatoms. The molecule has 0 aliphatic carbocycles. The molecule has 0 amide bonds. The van der Waals surface area contributed by atoms with Gasteiger partial charge in [0, 0.05) is 24.8 Å². The molecular weight excluding hydrogens is 207 g/mol. The van der Waals surface area contributed by atoms with Crippen LogP contribution in [-0.4, -0.2) is 16.3 Å². The fourth-order valence-electron chi connectivity index (χ4n) is 1.25. The zero-order chi connectivity index (χ0) is 11.5. The minimum Gasteiger partial charge on any atom is -0.313 e. The molecule has 0 atom stereocenters. The number of nitrogens with zero attached hydrogens (tertiary/aromatic N) is 2. The third-order valence-corrected chi connectivity index (χ3v) is 2.00. The molecule has 1 heterocycles. The van der Waals surface area contributed by atoms with E-state index < -0.39 is 11.9 Å². The molecule has 1 aromatic rings. The second-order valence-corrected chi connectivity index (χ2v) is 3.14. The van der Waals surface area contributed by atoms with Crippen LogP contribution in [0.25, 0.3) is 0 Å². The largest absolute Gasteiger partial charge is 0.435 e. The highest BCUT2D eigenvalue weighted by Crippen LogP contribution is 2.30. The molecule has 1 rings (SSSR count). The van der Waals surface area contributed by atoms with E-state index in [0.717, 1.165) is 0 Å². The molecule has 0 radical (unpaired) electrons. The lowest BCUT2D eigenvalue weighted by atomic mass is 10.2. The van der Waals surface area contributed by atoms with Crippen molar-refractivity contribution in [2.45, 2.75) is 33.1 Å². The summed E-state index contributed by atoms with van der Waals surface area (Å²) in [5.74, 6) is 0. The van der Waals surface area contributed by atoms with Crippen molar-refractivity contribution < 1.29 is 13.2 Å². The molecule has 0 bridgehead atoms. The van der Waals surface area contributed by atoms with Gasteiger partial charge in [-0.25, -0.2) is 0 Å². The first-order valence-corrected chi connectivity index (χ1v) is 4.83. The highest BCUT2D eigenvalue weighted by atomic mass is 19.4. The van der Waals surface area contributed by atoms with Crippen LogP contribution in [0.5, 0.6) is 0 Å². The Balaban J connectivity index is 2.95. The van der Waals surface area contributed by atoms with E-state index in [0.29, 0.717) is 13.1 Å². The minimum absolute atomic E-state index is 0.200. The van der Waals surface area contributed by atoms with E-state index in [1.165, 1.54) is 10.9 Å². The summed E-state index contributed by atoms with van der Waals surface area (Å²) in [7, 11) is 0. The molecule has 86 valence electrons. The topological polar surface area (TPSA) is 29.9 Å². The number of aromatic nitrogens is 2. The van der Waals surface area contributed by atoms with Gasteiger partial charge in [-0.05, 0) is 13.5 Å². The van der Waals surface area contributed by atoms with Crippen molar-refractivity contribution >= 4 is 0 Å². The first-order chi connectivity index (χ1) is 6.99. The van der Waals surface area contributed by atoms with Crippen molar-refractivity contribution in [2.24, 2.45) is 0 Å². The van der Waals surface area contributed by atoms with Crippen LogP contribution in [0.1, 0.15) is 25.1 Å². The number of hydrogen-bond donors (Lipinski definition) is 1. The number of aryl methyl sites for hydroxylation is 1. The summed E-state index contributed by atoms with van der Waals surface area (Å²) in [6.45, 7) is 4.87. The molecule has 3 nitrogen and oxygen atoms in total. The standard InChI is InChI=1S/C9H14F3N3/c1-3-13-5-7-6-15(4-2)14-8(7)9(10,11)12/h6,13H,3-5H2,1-2H3. The van der Waals surface area contributed by atoms with Crippen LogP contribution in [0.2, 0.25) is 0 Å². The number of rotatable bonds is 4. The van der Waals surface area contributed by atoms with Gasteiger partial charge in [-0.2, -0.15) is 18.3 Å². The molecule has 0 unspecified atom stereocenters. The Morgan fingerprint density at radius 3 is 2.53 bits per heavy atom. The van der Waals surface area contributed by atoms with E-state index in [4.69, 9.17) is 0 Å². The third kappa shape index (κ3) is 2.95. The van der Waals surface area contributed by atoms with Crippen LogP contribution >= 0.6 is 0 Å². The average molecular weight is 221 g/mol. The summed E-state index contributed by atoms with van der Waals surface area (Å²) in [5.41, 5.74) is -0.587. The molecule has 1 N–H and O–H groups in total. The molecule has 15 heavy (non-hydrogen) atoms. The van der Waals surface area contributed by atoms with E-state index in [2.05, 4.69) is 10.4 Å². The summed E-state index contributed by atoms with van der Waals surface area (Å²) < 4.78 is 38.9. The Morgan fingerprint density at radius 1 is 1.40 bits per heavy atom. The number of hydrogen-bond acceptors (Lipinski definition) is 2. The van der Waals surface area contributed by atoms with Crippen molar-refractivity contribution in [3.63, 3.8) is 0 Å². The summed E-state index contributed by atoms with van der Waals surface area (Å²) in [6, 6.07) is 0. The van der Waals surface area contributed by atoms with E-state index >= 15 is 0 Å². The van der Waals surface area contributed by atoms with Crippen molar-refractivity contribution in [1.29, 1.82) is 0 Å². The molecular formula is C9H14F3N3. The maximum atomic E-state index is 12.5. The first kappa shape index (κ1) is 12.0. The average Bonchev–Trinajstić information content (AvgIpc) is 2.57. The summed E-state index contributed by atoms with van der Waals surface area (Å²) in [4.78, 5) is 0. The van der Waals surface area contributed by atoms with Crippen LogP contribution in [0.3, 0.4) is 0 Å². The van der Waals surface area contributed by atoms with Gasteiger partial charge in [0.2, 0.25) is 0 Å². The lowest BCUT2D eigenvalue weighted by molar-refractivity contribution is -0.142. The van der Waals surface area contributed by atoms with Crippen molar-refractivity contribution in [1.82, 2.24) is 15.1 Å². The molecule has 1 aromatic heterocycles. The quantitative estimate of drug-likeness (QED) is 0.843. The molecule has 0 spiro atoms. The molecule has 0 fully saturated rings. The maximum absolute atomic E-state index is 12.5. The predicted molar refractivity (Wildman–Crippen MR) is 50.3 cm³/mol. The monoisotopic (exact) mass is 221 g/mol. The lowest BCUT2D eigenvalue weighted by Gasteiger charge is -2.05. The number of alkyl halides is 3. The van der Waals surface area contributed by atoms with Gasteiger partial charge in [0.05, 0.1) is 0 Å². The molecule has 0 aliphatic heterocycles. The second-order valence-electron chi connectivity index (χ2n) is 3.14. The zero-order valence-corrected chi connectivity index (χ0v) is 8.73. The van der Waals surface area contributed by atoms with Crippen LogP contribution in [0.4, 0.5) is 13.2 Å². The van der Waals surface area contributed by atoms with E-state index in [-0.39, 0.29) is 12.1 Å². The smallest absolute Gasteiger partial charge is 0.313 e. The van der Waals surface area contributed by atoms with Crippen LogP contribution in [-0.2, 0) is 19.3 Å². The number of halogens is 3. The van der Waals surface area contributed by atoms with E-state index in [9.17, 15) is 13.2 Å². The molecule has 0 saturated heterocycles. The Bertz CT molecular complexity index is 317. The highest BCUT2D eigenvalue weighted by Gasteiger charge is 2.36. The fourth-order valence-corrected chi connectivity index (χ4v) is 1.25. The highest BCUT2D eigenvalue weighted by molar-refractivity contribution is 5.19.